The maximum atomic E-state index is 13.6. The molecule has 0 fully saturated rings. The fourth-order valence-corrected chi connectivity index (χ4v) is 3.28. The minimum Gasteiger partial charge on any atom is -0.370 e. The van der Waals surface area contributed by atoms with Crippen molar-refractivity contribution in [3.8, 4) is 0 Å². The number of aromatic nitrogens is 2. The van der Waals surface area contributed by atoms with Gasteiger partial charge in [-0.1, -0.05) is 6.07 Å². The molecule has 0 amide bonds. The Morgan fingerprint density at radius 1 is 1.04 bits per heavy atom. The van der Waals surface area contributed by atoms with E-state index in [-0.39, 0.29) is 13.1 Å². The lowest BCUT2D eigenvalue weighted by Gasteiger charge is -2.11. The standard InChI is InChI=1S/C15H19F2N5O2S/c1-3-18-13-9-14(22-10(2)21-13)19-7-8-20-25(23,24)15-11(16)5-4-6-12(15)17/h4-6,9,20H,3,7-8H2,1-2H3,(H2,18,19,21,22). The highest BCUT2D eigenvalue weighted by atomic mass is 32.2. The maximum Gasteiger partial charge on any atom is 0.246 e. The topological polar surface area (TPSA) is 96.0 Å². The summed E-state index contributed by atoms with van der Waals surface area (Å²) in [6, 6.07) is 4.57. The van der Waals surface area contributed by atoms with E-state index in [1.807, 2.05) is 6.92 Å². The van der Waals surface area contributed by atoms with Crippen LogP contribution >= 0.6 is 0 Å². The molecule has 0 saturated heterocycles. The molecule has 0 spiro atoms. The largest absolute Gasteiger partial charge is 0.370 e. The molecule has 2 rings (SSSR count). The highest BCUT2D eigenvalue weighted by molar-refractivity contribution is 7.89. The van der Waals surface area contributed by atoms with E-state index in [2.05, 4.69) is 25.3 Å². The Bertz CT molecular complexity index is 826. The van der Waals surface area contributed by atoms with E-state index >= 15 is 0 Å². The molecular formula is C15H19F2N5O2S. The third-order valence-electron chi connectivity index (χ3n) is 3.11. The summed E-state index contributed by atoms with van der Waals surface area (Å²) in [6.45, 7) is 4.47. The van der Waals surface area contributed by atoms with Crippen molar-refractivity contribution in [2.24, 2.45) is 0 Å². The van der Waals surface area contributed by atoms with Gasteiger partial charge in [-0.05, 0) is 26.0 Å². The van der Waals surface area contributed by atoms with E-state index in [0.717, 1.165) is 18.2 Å². The van der Waals surface area contributed by atoms with Crippen LogP contribution in [-0.2, 0) is 10.0 Å². The Morgan fingerprint density at radius 3 is 2.24 bits per heavy atom. The second-order valence-electron chi connectivity index (χ2n) is 5.09. The number of nitrogens with zero attached hydrogens (tertiary/aromatic N) is 2. The predicted molar refractivity (Wildman–Crippen MR) is 91.0 cm³/mol. The van der Waals surface area contributed by atoms with Crippen molar-refractivity contribution in [1.29, 1.82) is 0 Å². The summed E-state index contributed by atoms with van der Waals surface area (Å²) in [5.41, 5.74) is 0. The molecule has 1 heterocycles. The molecule has 0 saturated carbocycles. The Labute approximate surface area is 144 Å². The number of hydrogen-bond acceptors (Lipinski definition) is 6. The van der Waals surface area contributed by atoms with Crippen LogP contribution in [0.15, 0.2) is 29.2 Å². The number of aryl methyl sites for hydroxylation is 1. The smallest absolute Gasteiger partial charge is 0.246 e. The van der Waals surface area contributed by atoms with Gasteiger partial charge in [0, 0.05) is 25.7 Å². The van der Waals surface area contributed by atoms with E-state index in [1.54, 1.807) is 13.0 Å². The van der Waals surface area contributed by atoms with Crippen LogP contribution in [0.5, 0.6) is 0 Å². The number of benzene rings is 1. The summed E-state index contributed by atoms with van der Waals surface area (Å²) in [4.78, 5) is 7.39. The van der Waals surface area contributed by atoms with Crippen LogP contribution < -0.4 is 15.4 Å². The summed E-state index contributed by atoms with van der Waals surface area (Å²) >= 11 is 0. The molecule has 0 aliphatic rings. The Kier molecular flexibility index (Phi) is 6.21. The van der Waals surface area contributed by atoms with E-state index in [4.69, 9.17) is 0 Å². The molecule has 0 aliphatic carbocycles. The first-order chi connectivity index (χ1) is 11.8. The molecule has 1 aromatic heterocycles. The molecule has 3 N–H and O–H groups in total. The van der Waals surface area contributed by atoms with Crippen molar-refractivity contribution in [3.05, 3.63) is 41.7 Å². The lowest BCUT2D eigenvalue weighted by molar-refractivity contribution is 0.514. The van der Waals surface area contributed by atoms with Gasteiger partial charge in [0.2, 0.25) is 10.0 Å². The van der Waals surface area contributed by atoms with Crippen molar-refractivity contribution in [2.75, 3.05) is 30.3 Å². The quantitative estimate of drug-likeness (QED) is 0.613. The minimum absolute atomic E-state index is 0.0737. The molecule has 10 heteroatoms. The van der Waals surface area contributed by atoms with Crippen molar-refractivity contribution in [1.82, 2.24) is 14.7 Å². The van der Waals surface area contributed by atoms with Crippen LogP contribution in [0.3, 0.4) is 0 Å². The number of sulfonamides is 1. The molecule has 0 aliphatic heterocycles. The zero-order valence-electron chi connectivity index (χ0n) is 13.8. The Hall–Kier alpha value is -2.33. The maximum absolute atomic E-state index is 13.6. The fourth-order valence-electron chi connectivity index (χ4n) is 2.12. The summed E-state index contributed by atoms with van der Waals surface area (Å²) in [5.74, 6) is -0.564. The first-order valence-corrected chi connectivity index (χ1v) is 9.09. The second kappa shape index (κ2) is 8.17. The van der Waals surface area contributed by atoms with E-state index in [1.165, 1.54) is 0 Å². The molecule has 136 valence electrons. The van der Waals surface area contributed by atoms with Gasteiger partial charge in [-0.3, -0.25) is 0 Å². The van der Waals surface area contributed by atoms with Gasteiger partial charge in [0.05, 0.1) is 0 Å². The van der Waals surface area contributed by atoms with Crippen molar-refractivity contribution < 1.29 is 17.2 Å². The molecule has 0 bridgehead atoms. The highest BCUT2D eigenvalue weighted by Crippen LogP contribution is 2.17. The van der Waals surface area contributed by atoms with Crippen molar-refractivity contribution >= 4 is 21.7 Å². The van der Waals surface area contributed by atoms with Gasteiger partial charge < -0.3 is 10.6 Å². The van der Waals surface area contributed by atoms with Crippen LogP contribution in [0.4, 0.5) is 20.4 Å². The van der Waals surface area contributed by atoms with Crippen LogP contribution in [0.1, 0.15) is 12.7 Å². The lowest BCUT2D eigenvalue weighted by atomic mass is 10.3. The van der Waals surface area contributed by atoms with E-state index in [0.29, 0.717) is 24.0 Å². The Morgan fingerprint density at radius 2 is 1.64 bits per heavy atom. The van der Waals surface area contributed by atoms with Gasteiger partial charge in [0.25, 0.3) is 0 Å². The van der Waals surface area contributed by atoms with Gasteiger partial charge in [0.15, 0.2) is 4.90 Å². The minimum atomic E-state index is -4.29. The van der Waals surface area contributed by atoms with Gasteiger partial charge in [-0.25, -0.2) is 31.9 Å². The molecule has 0 atom stereocenters. The van der Waals surface area contributed by atoms with Crippen molar-refractivity contribution in [3.63, 3.8) is 0 Å². The number of halogens is 2. The molecule has 2 aromatic rings. The first-order valence-electron chi connectivity index (χ1n) is 7.60. The predicted octanol–water partition coefficient (Wildman–Crippen LogP) is 1.89. The molecule has 1 aromatic carbocycles. The Balaban J connectivity index is 1.97. The third-order valence-corrected chi connectivity index (χ3v) is 4.62. The average Bonchev–Trinajstić information content (AvgIpc) is 2.51. The summed E-state index contributed by atoms with van der Waals surface area (Å²) in [5, 5.41) is 5.98. The molecule has 25 heavy (non-hydrogen) atoms. The first kappa shape index (κ1) is 19.0. The lowest BCUT2D eigenvalue weighted by Crippen LogP contribution is -2.30. The normalized spacial score (nSPS) is 11.4. The number of hydrogen-bond donors (Lipinski definition) is 3. The SMILES string of the molecule is CCNc1cc(NCCNS(=O)(=O)c2c(F)cccc2F)nc(C)n1. The number of anilines is 2. The van der Waals surface area contributed by atoms with E-state index in [9.17, 15) is 17.2 Å². The molecule has 0 unspecified atom stereocenters. The molecular weight excluding hydrogens is 352 g/mol. The average molecular weight is 371 g/mol. The van der Waals surface area contributed by atoms with Crippen LogP contribution in [0.25, 0.3) is 0 Å². The number of nitrogens with one attached hydrogen (secondary N) is 3. The van der Waals surface area contributed by atoms with Crippen LogP contribution in [-0.4, -0.2) is 38.0 Å². The second-order valence-corrected chi connectivity index (χ2v) is 6.80. The summed E-state index contributed by atoms with van der Waals surface area (Å²) < 4.78 is 53.4. The molecule has 7 nitrogen and oxygen atoms in total. The van der Waals surface area contributed by atoms with Crippen molar-refractivity contribution in [2.45, 2.75) is 18.7 Å². The van der Waals surface area contributed by atoms with E-state index < -0.39 is 26.6 Å². The molecule has 0 radical (unpaired) electrons. The van der Waals surface area contributed by atoms with Crippen LogP contribution in [0, 0.1) is 18.6 Å². The van der Waals surface area contributed by atoms with Gasteiger partial charge in [-0.15, -0.1) is 0 Å². The number of rotatable bonds is 8. The highest BCUT2D eigenvalue weighted by Gasteiger charge is 2.23. The van der Waals surface area contributed by atoms with Crippen LogP contribution in [0.2, 0.25) is 0 Å². The van der Waals surface area contributed by atoms with Gasteiger partial charge in [-0.2, -0.15) is 0 Å². The summed E-state index contributed by atoms with van der Waals surface area (Å²) in [6.07, 6.45) is 0. The zero-order chi connectivity index (χ0) is 18.4. The van der Waals surface area contributed by atoms with Gasteiger partial charge in [0.1, 0.15) is 29.1 Å². The zero-order valence-corrected chi connectivity index (χ0v) is 14.6. The summed E-state index contributed by atoms with van der Waals surface area (Å²) in [7, 11) is -4.29. The van der Waals surface area contributed by atoms with Gasteiger partial charge >= 0.3 is 0 Å². The fraction of sp³-hybridized carbons (Fsp3) is 0.333. The monoisotopic (exact) mass is 371 g/mol. The third kappa shape index (κ3) is 5.07.